The summed E-state index contributed by atoms with van der Waals surface area (Å²) in [4.78, 5) is 34.1. The van der Waals surface area contributed by atoms with Crippen molar-refractivity contribution in [3.8, 4) is 11.5 Å². The normalized spacial score (nSPS) is 16.4. The highest BCUT2D eigenvalue weighted by atomic mass is 35.5. The number of nitrogens with one attached hydrogen (secondary N) is 1. The summed E-state index contributed by atoms with van der Waals surface area (Å²) in [6.45, 7) is 1.67. The number of ether oxygens (including phenoxy) is 2. The van der Waals surface area contributed by atoms with E-state index >= 15 is 0 Å². The Bertz CT molecular complexity index is 1270. The summed E-state index contributed by atoms with van der Waals surface area (Å²) in [6.07, 6.45) is 2.93. The Kier molecular flexibility index (Phi) is 5.50. The van der Waals surface area contributed by atoms with E-state index in [-0.39, 0.29) is 39.3 Å². The average molecular weight is 456 g/mol. The summed E-state index contributed by atoms with van der Waals surface area (Å²) in [5.74, 6) is -1.83. The molecule has 0 radical (unpaired) electrons. The van der Waals surface area contributed by atoms with Crippen LogP contribution >= 0.6 is 11.6 Å². The molecule has 0 unspecified atom stereocenters. The zero-order chi connectivity index (χ0) is 23.0. The molecule has 0 aromatic heterocycles. The van der Waals surface area contributed by atoms with Crippen LogP contribution in [0, 0.1) is 11.2 Å². The highest BCUT2D eigenvalue weighted by Crippen LogP contribution is 2.38. The first-order chi connectivity index (χ1) is 15.3. The van der Waals surface area contributed by atoms with Crippen molar-refractivity contribution in [1.82, 2.24) is 5.06 Å². The predicted molar refractivity (Wildman–Crippen MR) is 114 cm³/mol. The van der Waals surface area contributed by atoms with Crippen molar-refractivity contribution < 1.29 is 28.3 Å². The highest BCUT2D eigenvalue weighted by molar-refractivity contribution is 6.34. The molecule has 8 nitrogen and oxygen atoms in total. The van der Waals surface area contributed by atoms with E-state index in [1.54, 1.807) is 13.0 Å². The summed E-state index contributed by atoms with van der Waals surface area (Å²) in [6, 6.07) is 8.23. The summed E-state index contributed by atoms with van der Waals surface area (Å²) < 4.78 is 24.4. The van der Waals surface area contributed by atoms with Crippen molar-refractivity contribution in [2.75, 3.05) is 7.11 Å². The highest BCUT2D eigenvalue weighted by Gasteiger charge is 2.34. The number of hydrogen-bond acceptors (Lipinski definition) is 6. The molecule has 0 fully saturated rings. The van der Waals surface area contributed by atoms with E-state index in [0.29, 0.717) is 11.3 Å². The van der Waals surface area contributed by atoms with Crippen molar-refractivity contribution in [1.29, 1.82) is 5.41 Å². The molecule has 4 rings (SSSR count). The smallest absolute Gasteiger partial charge is 0.346 e. The van der Waals surface area contributed by atoms with E-state index < -0.39 is 17.7 Å². The number of hydrogen-bond donors (Lipinski definition) is 1. The van der Waals surface area contributed by atoms with Crippen LogP contribution in [0.1, 0.15) is 22.8 Å². The van der Waals surface area contributed by atoms with Crippen molar-refractivity contribution in [3.63, 3.8) is 0 Å². The standard InChI is InChI=1S/C22H15ClFN3O5/c1-11-7-18-26-21(28)14(20(25)27(18)32-11)8-12-9-15(23)19(17(10-12)30-2)31-22(29)13-5-3-4-6-16(13)24/h3-10,25H,1-2H3/b14-8+,25-20?. The SMILES string of the molecule is COc1cc(/C=C2\C(=N)N3OC(C)=CC3=NC2=O)cc(Cl)c1OC(=O)c1ccccc1F. The number of fused-ring (bicyclic) bond motifs is 1. The maximum atomic E-state index is 13.9. The lowest BCUT2D eigenvalue weighted by Crippen LogP contribution is -2.38. The molecule has 2 aromatic carbocycles. The minimum Gasteiger partial charge on any atom is -0.493 e. The summed E-state index contributed by atoms with van der Waals surface area (Å²) in [7, 11) is 1.33. The van der Waals surface area contributed by atoms with Gasteiger partial charge in [-0.25, -0.2) is 9.18 Å². The van der Waals surface area contributed by atoms with Crippen LogP contribution in [0.2, 0.25) is 5.02 Å². The molecule has 0 saturated carbocycles. The van der Waals surface area contributed by atoms with Crippen molar-refractivity contribution in [2.24, 2.45) is 4.99 Å². The fourth-order valence-electron chi connectivity index (χ4n) is 3.06. The van der Waals surface area contributed by atoms with Gasteiger partial charge in [0.15, 0.2) is 23.2 Å². The minimum absolute atomic E-state index is 0.0187. The fraction of sp³-hybridized carbons (Fsp3) is 0.0909. The average Bonchev–Trinajstić information content (AvgIpc) is 3.13. The van der Waals surface area contributed by atoms with E-state index in [0.717, 1.165) is 11.1 Å². The molecule has 0 saturated heterocycles. The van der Waals surface area contributed by atoms with Crippen molar-refractivity contribution >= 4 is 41.2 Å². The molecular weight excluding hydrogens is 441 g/mol. The minimum atomic E-state index is -0.949. The lowest BCUT2D eigenvalue weighted by molar-refractivity contribution is -0.114. The van der Waals surface area contributed by atoms with Gasteiger partial charge in [0.25, 0.3) is 5.91 Å². The molecule has 0 bridgehead atoms. The zero-order valence-corrected chi connectivity index (χ0v) is 17.6. The number of carbonyl (C=O) groups is 2. The molecule has 1 amide bonds. The van der Waals surface area contributed by atoms with Gasteiger partial charge in [0.05, 0.1) is 23.3 Å². The molecule has 2 aromatic rings. The number of methoxy groups -OCH3 is 1. The summed E-state index contributed by atoms with van der Waals surface area (Å²) >= 11 is 6.29. The van der Waals surface area contributed by atoms with Crippen LogP contribution in [-0.2, 0) is 9.63 Å². The van der Waals surface area contributed by atoms with Gasteiger partial charge >= 0.3 is 5.97 Å². The molecule has 0 spiro atoms. The van der Waals surface area contributed by atoms with Crippen LogP contribution in [0.4, 0.5) is 4.39 Å². The van der Waals surface area contributed by atoms with Gasteiger partial charge in [-0.1, -0.05) is 23.7 Å². The number of amides is 1. The topological polar surface area (TPSA) is 101 Å². The number of nitrogens with zero attached hydrogens (tertiary/aromatic N) is 2. The first-order valence-electron chi connectivity index (χ1n) is 9.22. The van der Waals surface area contributed by atoms with Crippen LogP contribution in [-0.4, -0.2) is 35.7 Å². The number of amidine groups is 2. The van der Waals surface area contributed by atoms with Gasteiger partial charge in [-0.2, -0.15) is 4.99 Å². The maximum absolute atomic E-state index is 13.9. The third-order valence-electron chi connectivity index (χ3n) is 4.53. The number of carbonyl (C=O) groups excluding carboxylic acids is 2. The second-order valence-corrected chi connectivity index (χ2v) is 7.13. The Morgan fingerprint density at radius 2 is 2.06 bits per heavy atom. The molecule has 0 atom stereocenters. The first-order valence-corrected chi connectivity index (χ1v) is 9.60. The van der Waals surface area contributed by atoms with Gasteiger partial charge in [-0.3, -0.25) is 10.2 Å². The van der Waals surface area contributed by atoms with Crippen LogP contribution in [0.15, 0.2) is 58.8 Å². The number of halogens is 2. The van der Waals surface area contributed by atoms with Crippen LogP contribution in [0.3, 0.4) is 0 Å². The molecule has 1 N–H and O–H groups in total. The zero-order valence-electron chi connectivity index (χ0n) is 16.8. The van der Waals surface area contributed by atoms with E-state index in [1.165, 1.54) is 43.5 Å². The first kappa shape index (κ1) is 21.3. The Balaban J connectivity index is 1.66. The van der Waals surface area contributed by atoms with Gasteiger partial charge in [0.1, 0.15) is 11.6 Å². The summed E-state index contributed by atoms with van der Waals surface area (Å²) in [5, 5.41) is 9.39. The van der Waals surface area contributed by atoms with Crippen molar-refractivity contribution in [3.05, 3.63) is 75.8 Å². The lowest BCUT2D eigenvalue weighted by atomic mass is 10.1. The van der Waals surface area contributed by atoms with E-state index in [1.807, 2.05) is 0 Å². The fourth-order valence-corrected chi connectivity index (χ4v) is 3.32. The Labute approximate surface area is 186 Å². The molecule has 2 aliphatic heterocycles. The molecule has 2 heterocycles. The number of hydroxylamine groups is 2. The molecule has 32 heavy (non-hydrogen) atoms. The Morgan fingerprint density at radius 1 is 1.31 bits per heavy atom. The van der Waals surface area contributed by atoms with Crippen LogP contribution in [0.5, 0.6) is 11.5 Å². The Hall–Kier alpha value is -3.98. The van der Waals surface area contributed by atoms with E-state index in [9.17, 15) is 14.0 Å². The van der Waals surface area contributed by atoms with Crippen LogP contribution < -0.4 is 9.47 Å². The van der Waals surface area contributed by atoms with Gasteiger partial charge in [0.2, 0.25) is 0 Å². The lowest BCUT2D eigenvalue weighted by Gasteiger charge is -2.23. The maximum Gasteiger partial charge on any atom is 0.346 e. The molecule has 162 valence electrons. The van der Waals surface area contributed by atoms with Gasteiger partial charge in [0, 0.05) is 6.08 Å². The Morgan fingerprint density at radius 3 is 2.78 bits per heavy atom. The number of rotatable bonds is 4. The monoisotopic (exact) mass is 455 g/mol. The molecular formula is C22H15ClFN3O5. The number of aliphatic imine (C=N–C) groups is 1. The van der Waals surface area contributed by atoms with Gasteiger partial charge in [-0.05, 0) is 42.8 Å². The van der Waals surface area contributed by atoms with Crippen molar-refractivity contribution in [2.45, 2.75) is 6.92 Å². The largest absolute Gasteiger partial charge is 0.493 e. The van der Waals surface area contributed by atoms with Gasteiger partial charge < -0.3 is 14.3 Å². The number of esters is 1. The number of allylic oxidation sites excluding steroid dienone is 1. The third kappa shape index (κ3) is 3.85. The predicted octanol–water partition coefficient (Wildman–Crippen LogP) is 4.16. The molecule has 0 aliphatic carbocycles. The second kappa shape index (κ2) is 8.27. The third-order valence-corrected chi connectivity index (χ3v) is 4.81. The number of benzene rings is 2. The van der Waals surface area contributed by atoms with E-state index in [2.05, 4.69) is 4.99 Å². The molecule has 2 aliphatic rings. The van der Waals surface area contributed by atoms with E-state index in [4.69, 9.17) is 31.3 Å². The quantitative estimate of drug-likeness (QED) is 0.422. The second-order valence-electron chi connectivity index (χ2n) is 6.73. The molecule has 10 heteroatoms. The van der Waals surface area contributed by atoms with Gasteiger partial charge in [-0.15, -0.1) is 5.06 Å². The van der Waals surface area contributed by atoms with Crippen LogP contribution in [0.25, 0.3) is 6.08 Å². The summed E-state index contributed by atoms with van der Waals surface area (Å²) in [5.41, 5.74) is 0.0838.